The zero-order valence-corrected chi connectivity index (χ0v) is 16.3. The van der Waals surface area contributed by atoms with Crippen LogP contribution in [0.2, 0.25) is 0 Å². The molecule has 0 fully saturated rings. The topological polar surface area (TPSA) is 95.8 Å². The molecule has 1 unspecified atom stereocenters. The molecule has 1 aliphatic rings. The van der Waals surface area contributed by atoms with Crippen molar-refractivity contribution in [3.63, 3.8) is 0 Å². The molecule has 3 aromatic carbocycles. The molecule has 29 heavy (non-hydrogen) atoms. The first-order valence-corrected chi connectivity index (χ1v) is 10.4. The van der Waals surface area contributed by atoms with Gasteiger partial charge >= 0.3 is 0 Å². The van der Waals surface area contributed by atoms with Gasteiger partial charge < -0.3 is 0 Å². The summed E-state index contributed by atoms with van der Waals surface area (Å²) >= 11 is 0. The van der Waals surface area contributed by atoms with Crippen LogP contribution in [0.5, 0.6) is 0 Å². The molecule has 0 radical (unpaired) electrons. The van der Waals surface area contributed by atoms with Gasteiger partial charge in [-0.25, -0.2) is 0 Å². The lowest BCUT2D eigenvalue weighted by Gasteiger charge is -2.11. The summed E-state index contributed by atoms with van der Waals surface area (Å²) in [5.41, 5.74) is 4.57. The Bertz CT molecular complexity index is 1280. The quantitative estimate of drug-likeness (QED) is 0.501. The number of allylic oxidation sites excluding steroid dienone is 2. The van der Waals surface area contributed by atoms with Crippen molar-refractivity contribution in [2.45, 2.75) is 17.7 Å². The molecule has 0 aliphatic heterocycles. The molecule has 6 nitrogen and oxygen atoms in total. The van der Waals surface area contributed by atoms with Gasteiger partial charge in [0.2, 0.25) is 0 Å². The van der Waals surface area contributed by atoms with Crippen LogP contribution in [0.1, 0.15) is 18.4 Å². The zero-order chi connectivity index (χ0) is 20.6. The maximum atomic E-state index is 12.8. The van der Waals surface area contributed by atoms with Crippen LogP contribution in [0.3, 0.4) is 0 Å². The van der Waals surface area contributed by atoms with Gasteiger partial charge in [-0.3, -0.25) is 14.8 Å². The van der Waals surface area contributed by atoms with Crippen LogP contribution < -0.4 is 5.43 Å². The zero-order valence-electron chi connectivity index (χ0n) is 15.5. The highest BCUT2D eigenvalue weighted by Gasteiger charge is 2.31. The Hall–Kier alpha value is -3.29. The molecule has 3 aromatic rings. The average molecular weight is 406 g/mol. The number of carbonyl (C=O) groups is 1. The monoisotopic (exact) mass is 406 g/mol. The number of hydrogen-bond donors (Lipinski definition) is 2. The summed E-state index contributed by atoms with van der Waals surface area (Å²) < 4.78 is 33.8. The van der Waals surface area contributed by atoms with E-state index < -0.39 is 16.0 Å². The minimum atomic E-state index is -4.52. The number of nitrogens with zero attached hydrogens (tertiary/aromatic N) is 1. The van der Waals surface area contributed by atoms with E-state index in [0.29, 0.717) is 16.3 Å². The van der Waals surface area contributed by atoms with Crippen molar-refractivity contribution < 1.29 is 17.8 Å². The number of hydrogen-bond acceptors (Lipinski definition) is 5. The smallest absolute Gasteiger partial charge is 0.291 e. The second kappa shape index (κ2) is 7.27. The Kier molecular flexibility index (Phi) is 4.77. The normalized spacial score (nSPS) is 18.3. The average Bonchev–Trinajstić information content (AvgIpc) is 2.99. The van der Waals surface area contributed by atoms with E-state index in [0.717, 1.165) is 5.56 Å². The maximum Gasteiger partial charge on any atom is 0.297 e. The van der Waals surface area contributed by atoms with Gasteiger partial charge in [0.15, 0.2) is 5.78 Å². The van der Waals surface area contributed by atoms with Crippen molar-refractivity contribution in [3.8, 4) is 0 Å². The second-order valence-electron chi connectivity index (χ2n) is 6.81. The number of nitrogens with one attached hydrogen (secondary N) is 1. The van der Waals surface area contributed by atoms with Gasteiger partial charge in [0, 0.05) is 5.39 Å². The van der Waals surface area contributed by atoms with Crippen molar-refractivity contribution in [2.75, 3.05) is 5.43 Å². The Balaban J connectivity index is 1.72. The van der Waals surface area contributed by atoms with E-state index in [2.05, 4.69) is 10.5 Å². The highest BCUT2D eigenvalue weighted by atomic mass is 32.2. The predicted molar refractivity (Wildman–Crippen MR) is 113 cm³/mol. The van der Waals surface area contributed by atoms with E-state index in [1.807, 2.05) is 36.4 Å². The molecular formula is C22H18N2O4S. The van der Waals surface area contributed by atoms with Crippen LogP contribution in [0, 0.1) is 0 Å². The van der Waals surface area contributed by atoms with E-state index >= 15 is 0 Å². The SMILES string of the molecule is CC1=CC(c2ccccc2)C(=O)C1=NNc1ccc2ccccc2c1S(=O)(=O)O. The van der Waals surface area contributed by atoms with Crippen molar-refractivity contribution >= 4 is 38.1 Å². The first-order chi connectivity index (χ1) is 13.9. The molecule has 1 atom stereocenters. The molecular weight excluding hydrogens is 388 g/mol. The van der Waals surface area contributed by atoms with Gasteiger partial charge in [-0.2, -0.15) is 13.5 Å². The molecule has 0 aromatic heterocycles. The number of carbonyl (C=O) groups excluding carboxylic acids is 1. The minimum absolute atomic E-state index is 0.0995. The second-order valence-corrected chi connectivity index (χ2v) is 8.17. The number of benzene rings is 3. The molecule has 0 amide bonds. The predicted octanol–water partition coefficient (Wildman–Crippen LogP) is 4.17. The maximum absolute atomic E-state index is 12.8. The molecule has 1 aliphatic carbocycles. The van der Waals surface area contributed by atoms with Gasteiger partial charge in [-0.15, -0.1) is 0 Å². The Morgan fingerprint density at radius 1 is 0.966 bits per heavy atom. The fourth-order valence-electron chi connectivity index (χ4n) is 3.52. The summed E-state index contributed by atoms with van der Waals surface area (Å²) in [7, 11) is -4.52. The van der Waals surface area contributed by atoms with Gasteiger partial charge in [0.25, 0.3) is 10.1 Å². The summed E-state index contributed by atoms with van der Waals surface area (Å²) in [6, 6.07) is 19.4. The number of fused-ring (bicyclic) bond motifs is 1. The molecule has 4 rings (SSSR count). The van der Waals surface area contributed by atoms with E-state index in [1.54, 1.807) is 37.3 Å². The van der Waals surface area contributed by atoms with Gasteiger partial charge in [-0.1, -0.05) is 66.7 Å². The molecule has 146 valence electrons. The van der Waals surface area contributed by atoms with Crippen LogP contribution in [0.15, 0.2) is 88.4 Å². The fourth-order valence-corrected chi connectivity index (χ4v) is 4.38. The number of Topliss-reactive ketones (excluding diaryl/α,β-unsaturated/α-hetero) is 1. The molecule has 0 heterocycles. The molecule has 7 heteroatoms. The highest BCUT2D eigenvalue weighted by Crippen LogP contribution is 2.32. The number of ketones is 1. The highest BCUT2D eigenvalue weighted by molar-refractivity contribution is 7.86. The lowest BCUT2D eigenvalue weighted by Crippen LogP contribution is -2.17. The van der Waals surface area contributed by atoms with Crippen molar-refractivity contribution in [1.29, 1.82) is 0 Å². The van der Waals surface area contributed by atoms with E-state index in [9.17, 15) is 17.8 Å². The van der Waals surface area contributed by atoms with Crippen LogP contribution in [-0.4, -0.2) is 24.5 Å². The molecule has 0 saturated heterocycles. The van der Waals surface area contributed by atoms with Crippen molar-refractivity contribution in [3.05, 3.63) is 83.9 Å². The number of rotatable bonds is 4. The van der Waals surface area contributed by atoms with Crippen LogP contribution in [-0.2, 0) is 14.9 Å². The Morgan fingerprint density at radius 2 is 1.66 bits per heavy atom. The lowest BCUT2D eigenvalue weighted by molar-refractivity contribution is -0.113. The van der Waals surface area contributed by atoms with E-state index in [-0.39, 0.29) is 22.1 Å². The standard InChI is InChI=1S/C22H18N2O4S/c1-14-13-18(15-7-3-2-4-8-15)21(25)20(14)24-23-19-12-11-16-9-5-6-10-17(16)22(19)29(26,27)28/h2-13,18,23H,1H3,(H,26,27,28). The summed E-state index contributed by atoms with van der Waals surface area (Å²) in [6.45, 7) is 1.78. The van der Waals surface area contributed by atoms with E-state index in [1.165, 1.54) is 6.07 Å². The van der Waals surface area contributed by atoms with Crippen molar-refractivity contribution in [1.82, 2.24) is 0 Å². The van der Waals surface area contributed by atoms with Crippen LogP contribution >= 0.6 is 0 Å². The molecule has 0 bridgehead atoms. The summed E-state index contributed by atoms with van der Waals surface area (Å²) in [5.74, 6) is -0.593. The van der Waals surface area contributed by atoms with Crippen LogP contribution in [0.4, 0.5) is 5.69 Å². The Morgan fingerprint density at radius 3 is 2.38 bits per heavy atom. The molecule has 0 saturated carbocycles. The first kappa shape index (κ1) is 19.0. The van der Waals surface area contributed by atoms with E-state index in [4.69, 9.17) is 0 Å². The lowest BCUT2D eigenvalue weighted by atomic mass is 9.97. The summed E-state index contributed by atoms with van der Waals surface area (Å²) in [5, 5.41) is 5.22. The Labute approximate surface area is 168 Å². The number of anilines is 1. The molecule has 0 spiro atoms. The fraction of sp³-hybridized carbons (Fsp3) is 0.0909. The van der Waals surface area contributed by atoms with Gasteiger partial charge in [0.05, 0.1) is 11.6 Å². The summed E-state index contributed by atoms with van der Waals surface area (Å²) in [6.07, 6.45) is 1.84. The summed E-state index contributed by atoms with van der Waals surface area (Å²) in [4.78, 5) is 12.6. The third-order valence-electron chi connectivity index (χ3n) is 4.89. The molecule has 2 N–H and O–H groups in total. The first-order valence-electron chi connectivity index (χ1n) is 8.97. The largest absolute Gasteiger partial charge is 0.297 e. The van der Waals surface area contributed by atoms with Crippen LogP contribution in [0.25, 0.3) is 10.8 Å². The number of hydrazone groups is 1. The third kappa shape index (κ3) is 3.57. The third-order valence-corrected chi connectivity index (χ3v) is 5.85. The van der Waals surface area contributed by atoms with Crippen molar-refractivity contribution in [2.24, 2.45) is 5.10 Å². The van der Waals surface area contributed by atoms with Gasteiger partial charge in [0.1, 0.15) is 10.6 Å². The van der Waals surface area contributed by atoms with Gasteiger partial charge in [-0.05, 0) is 29.5 Å². The minimum Gasteiger partial charge on any atom is -0.291 e.